The quantitative estimate of drug-likeness (QED) is 0.382. The Morgan fingerprint density at radius 3 is 2.59 bits per heavy atom. The second kappa shape index (κ2) is 9.81. The van der Waals surface area contributed by atoms with Crippen LogP contribution in [0.5, 0.6) is 5.75 Å². The number of ether oxygens (including phenoxy) is 1. The first kappa shape index (κ1) is 23.4. The minimum absolute atomic E-state index is 0.0350. The number of aromatic nitrogens is 3. The van der Waals surface area contributed by atoms with E-state index in [2.05, 4.69) is 40.3 Å². The van der Waals surface area contributed by atoms with Crippen LogP contribution in [-0.4, -0.2) is 38.4 Å². The number of aryl methyl sites for hydroxylation is 1. The number of fused-ring (bicyclic) bond motifs is 3. The van der Waals surface area contributed by atoms with Crippen LogP contribution in [0.25, 0.3) is 11.5 Å². The first-order chi connectivity index (χ1) is 18.1. The fourth-order valence-corrected chi connectivity index (χ4v) is 5.82. The molecule has 37 heavy (non-hydrogen) atoms. The molecule has 1 aliphatic heterocycles. The molecule has 190 valence electrons. The number of amides is 2. The molecule has 7 nitrogen and oxygen atoms in total. The summed E-state index contributed by atoms with van der Waals surface area (Å²) in [5.74, 6) is 1.75. The first-order valence-corrected chi connectivity index (χ1v) is 13.2. The summed E-state index contributed by atoms with van der Waals surface area (Å²) in [5.41, 5.74) is 4.98. The summed E-state index contributed by atoms with van der Waals surface area (Å²) >= 11 is 0. The molecule has 1 aliphatic carbocycles. The molecule has 6 rings (SSSR count). The zero-order valence-electron chi connectivity index (χ0n) is 21.4. The highest BCUT2D eigenvalue weighted by Crippen LogP contribution is 2.39. The number of benzene rings is 2. The predicted molar refractivity (Wildman–Crippen MR) is 143 cm³/mol. The monoisotopic (exact) mass is 495 g/mol. The number of hydrogen-bond acceptors (Lipinski definition) is 3. The number of carbonyl (C=O) groups excluding carboxylic acids is 1. The maximum atomic E-state index is 14.0. The Bertz CT molecular complexity index is 1400. The Balaban J connectivity index is 1.51. The zero-order chi connectivity index (χ0) is 25.4. The van der Waals surface area contributed by atoms with Crippen molar-refractivity contribution in [2.75, 3.05) is 7.11 Å². The number of methoxy groups -OCH3 is 1. The van der Waals surface area contributed by atoms with Crippen LogP contribution in [0.1, 0.15) is 60.7 Å². The number of nitrogens with zero attached hydrogens (tertiary/aromatic N) is 4. The van der Waals surface area contributed by atoms with Crippen LogP contribution in [0, 0.1) is 6.92 Å². The average Bonchev–Trinajstić information content (AvgIpc) is 3.50. The molecule has 2 aromatic heterocycles. The normalized spacial score (nSPS) is 17.6. The van der Waals surface area contributed by atoms with Gasteiger partial charge in [-0.05, 0) is 61.7 Å². The van der Waals surface area contributed by atoms with E-state index in [1.807, 2.05) is 59.0 Å². The molecule has 1 fully saturated rings. The molecule has 2 amide bonds. The van der Waals surface area contributed by atoms with Crippen molar-refractivity contribution in [3.63, 3.8) is 0 Å². The summed E-state index contributed by atoms with van der Waals surface area (Å²) in [7, 11) is 1.68. The van der Waals surface area contributed by atoms with Crippen molar-refractivity contribution in [2.24, 2.45) is 0 Å². The molecule has 0 radical (unpaired) electrons. The minimum Gasteiger partial charge on any atom is -0.497 e. The van der Waals surface area contributed by atoms with E-state index in [9.17, 15) is 4.79 Å². The molecule has 3 heterocycles. The Morgan fingerprint density at radius 1 is 1.00 bits per heavy atom. The summed E-state index contributed by atoms with van der Waals surface area (Å²) in [6.07, 6.45) is 7.73. The van der Waals surface area contributed by atoms with Crippen LogP contribution in [0.15, 0.2) is 72.9 Å². The lowest BCUT2D eigenvalue weighted by atomic mass is 9.95. The second-order valence-corrected chi connectivity index (χ2v) is 10.0. The molecule has 4 aromatic rings. The van der Waals surface area contributed by atoms with Gasteiger partial charge in [-0.25, -0.2) is 9.48 Å². The highest BCUT2D eigenvalue weighted by molar-refractivity contribution is 5.76. The molecular weight excluding hydrogens is 462 g/mol. The van der Waals surface area contributed by atoms with Crippen LogP contribution < -0.4 is 10.1 Å². The van der Waals surface area contributed by atoms with E-state index < -0.39 is 0 Å². The zero-order valence-corrected chi connectivity index (χ0v) is 21.4. The van der Waals surface area contributed by atoms with Crippen molar-refractivity contribution < 1.29 is 9.53 Å². The average molecular weight is 496 g/mol. The van der Waals surface area contributed by atoms with Gasteiger partial charge in [0.25, 0.3) is 0 Å². The minimum atomic E-state index is -0.287. The van der Waals surface area contributed by atoms with Gasteiger partial charge >= 0.3 is 6.03 Å². The van der Waals surface area contributed by atoms with E-state index >= 15 is 0 Å². The standard InChI is InChI=1S/C30H33N5O2/c1-21-26-20-34(30(36)31-23-12-5-3-6-13-23)28(22-11-9-16-25(19-22)37-2)27-17-10-18-33(27)29(26)35(32-21)24-14-7-4-8-15-24/h4,7-11,14-19,23,28H,3,5-6,12-13,20H2,1-2H3,(H,31,36). The molecule has 7 heteroatoms. The molecule has 2 aliphatic rings. The molecular formula is C30H33N5O2. The van der Waals surface area contributed by atoms with Gasteiger partial charge in [-0.15, -0.1) is 0 Å². The van der Waals surface area contributed by atoms with Crippen molar-refractivity contribution in [1.29, 1.82) is 0 Å². The van der Waals surface area contributed by atoms with Gasteiger partial charge in [0.2, 0.25) is 0 Å². The Hall–Kier alpha value is -4.00. The number of rotatable bonds is 4. The van der Waals surface area contributed by atoms with E-state index in [1.165, 1.54) is 19.3 Å². The third-order valence-electron chi connectivity index (χ3n) is 7.69. The molecule has 0 saturated heterocycles. The predicted octanol–water partition coefficient (Wildman–Crippen LogP) is 5.93. The van der Waals surface area contributed by atoms with Crippen molar-refractivity contribution in [2.45, 2.75) is 57.7 Å². The van der Waals surface area contributed by atoms with Gasteiger partial charge in [-0.3, -0.25) is 0 Å². The van der Waals surface area contributed by atoms with E-state index in [1.54, 1.807) is 7.11 Å². The Morgan fingerprint density at radius 2 is 1.81 bits per heavy atom. The topological polar surface area (TPSA) is 64.3 Å². The van der Waals surface area contributed by atoms with Crippen LogP contribution in [0.3, 0.4) is 0 Å². The lowest BCUT2D eigenvalue weighted by molar-refractivity contribution is 0.173. The van der Waals surface area contributed by atoms with Crippen LogP contribution in [0.4, 0.5) is 4.79 Å². The van der Waals surface area contributed by atoms with Crippen molar-refractivity contribution in [1.82, 2.24) is 24.6 Å². The van der Waals surface area contributed by atoms with Crippen molar-refractivity contribution in [3.05, 3.63) is 95.4 Å². The highest BCUT2D eigenvalue weighted by Gasteiger charge is 2.36. The van der Waals surface area contributed by atoms with E-state index in [0.29, 0.717) is 6.54 Å². The fraction of sp³-hybridized carbons (Fsp3) is 0.333. The third kappa shape index (κ3) is 4.28. The van der Waals surface area contributed by atoms with E-state index in [0.717, 1.165) is 52.6 Å². The van der Waals surface area contributed by atoms with E-state index in [-0.39, 0.29) is 18.1 Å². The molecule has 1 saturated carbocycles. The smallest absolute Gasteiger partial charge is 0.318 e. The first-order valence-electron chi connectivity index (χ1n) is 13.2. The number of hydrogen-bond donors (Lipinski definition) is 1. The van der Waals surface area contributed by atoms with Crippen LogP contribution in [-0.2, 0) is 6.54 Å². The SMILES string of the molecule is COc1cccc(C2c3cccn3-c3c(c(C)nn3-c3ccccc3)CN2C(=O)NC2CCCCC2)c1. The maximum Gasteiger partial charge on any atom is 0.318 e. The largest absolute Gasteiger partial charge is 0.497 e. The van der Waals surface area contributed by atoms with Gasteiger partial charge in [0, 0.05) is 17.8 Å². The van der Waals surface area contributed by atoms with Gasteiger partial charge in [0.05, 0.1) is 36.8 Å². The second-order valence-electron chi connectivity index (χ2n) is 10.0. The lowest BCUT2D eigenvalue weighted by Gasteiger charge is -2.33. The van der Waals surface area contributed by atoms with Crippen molar-refractivity contribution >= 4 is 6.03 Å². The Labute approximate surface area is 217 Å². The fourth-order valence-electron chi connectivity index (χ4n) is 5.82. The molecule has 1 unspecified atom stereocenters. The van der Waals surface area contributed by atoms with Crippen molar-refractivity contribution in [3.8, 4) is 17.3 Å². The van der Waals surface area contributed by atoms with Gasteiger partial charge in [-0.2, -0.15) is 5.10 Å². The third-order valence-corrected chi connectivity index (χ3v) is 7.69. The Kier molecular flexibility index (Phi) is 6.20. The number of para-hydroxylation sites is 1. The number of nitrogens with one attached hydrogen (secondary N) is 1. The van der Waals surface area contributed by atoms with Gasteiger partial charge in [-0.1, -0.05) is 49.6 Å². The van der Waals surface area contributed by atoms with Gasteiger partial charge < -0.3 is 19.5 Å². The molecule has 1 atom stereocenters. The summed E-state index contributed by atoms with van der Waals surface area (Å²) in [5, 5.41) is 8.31. The number of urea groups is 1. The molecule has 0 spiro atoms. The summed E-state index contributed by atoms with van der Waals surface area (Å²) in [4.78, 5) is 16.0. The van der Waals surface area contributed by atoms with Crippen LogP contribution in [0.2, 0.25) is 0 Å². The van der Waals surface area contributed by atoms with Gasteiger partial charge in [0.15, 0.2) is 0 Å². The summed E-state index contributed by atoms with van der Waals surface area (Å²) < 4.78 is 9.76. The van der Waals surface area contributed by atoms with Gasteiger partial charge in [0.1, 0.15) is 11.6 Å². The summed E-state index contributed by atoms with van der Waals surface area (Å²) in [6.45, 7) is 2.49. The highest BCUT2D eigenvalue weighted by atomic mass is 16.5. The molecule has 1 N–H and O–H groups in total. The lowest BCUT2D eigenvalue weighted by Crippen LogP contribution is -2.46. The molecule has 2 aromatic carbocycles. The molecule has 0 bridgehead atoms. The van der Waals surface area contributed by atoms with E-state index in [4.69, 9.17) is 9.84 Å². The maximum absolute atomic E-state index is 14.0. The van der Waals surface area contributed by atoms with Crippen LogP contribution >= 0.6 is 0 Å². The number of carbonyl (C=O) groups is 1. The summed E-state index contributed by atoms with van der Waals surface area (Å²) in [6, 6.07) is 22.3.